The van der Waals surface area contributed by atoms with Crippen molar-refractivity contribution >= 4 is 60.1 Å². The molecule has 12 heteroatoms. The van der Waals surface area contributed by atoms with Gasteiger partial charge in [0.15, 0.2) is 14.6 Å². The quantitative estimate of drug-likeness (QED) is 0.211. The largest absolute Gasteiger partial charge is 0.379 e. The van der Waals surface area contributed by atoms with Crippen LogP contribution >= 0.6 is 27.5 Å². The van der Waals surface area contributed by atoms with Crippen molar-refractivity contribution in [3.05, 3.63) is 99.1 Å². The number of aryl methyl sites for hydroxylation is 1. The van der Waals surface area contributed by atoms with Crippen molar-refractivity contribution < 1.29 is 22.7 Å². The Morgan fingerprint density at radius 1 is 1.09 bits per heavy atom. The van der Waals surface area contributed by atoms with Crippen molar-refractivity contribution in [1.29, 1.82) is 0 Å². The van der Waals surface area contributed by atoms with Crippen molar-refractivity contribution in [2.45, 2.75) is 42.0 Å². The van der Waals surface area contributed by atoms with Gasteiger partial charge in [0.25, 0.3) is 0 Å². The Balaban J connectivity index is 1.46. The number of nitrogens with zero attached hydrogens (tertiary/aromatic N) is 2. The average molecular weight is 728 g/mol. The van der Waals surface area contributed by atoms with E-state index >= 15 is 0 Å². The number of H-pyrrole nitrogens is 1. The fourth-order valence-electron chi connectivity index (χ4n) is 6.53. The van der Waals surface area contributed by atoms with Crippen molar-refractivity contribution in [2.24, 2.45) is 0 Å². The second-order valence-corrected chi connectivity index (χ2v) is 15.5. The van der Waals surface area contributed by atoms with E-state index in [9.17, 15) is 18.0 Å². The van der Waals surface area contributed by atoms with Gasteiger partial charge in [0.2, 0.25) is 11.8 Å². The minimum atomic E-state index is -4.44. The summed E-state index contributed by atoms with van der Waals surface area (Å²) in [6.45, 7) is 5.94. The molecule has 0 bridgehead atoms. The van der Waals surface area contributed by atoms with Crippen molar-refractivity contribution in [2.75, 3.05) is 39.4 Å². The van der Waals surface area contributed by atoms with E-state index in [0.29, 0.717) is 41.1 Å². The van der Waals surface area contributed by atoms with Crippen LogP contribution in [0.4, 0.5) is 0 Å². The van der Waals surface area contributed by atoms with Gasteiger partial charge in [-0.2, -0.15) is 0 Å². The molecule has 2 aliphatic rings. The van der Waals surface area contributed by atoms with E-state index in [1.165, 1.54) is 12.1 Å². The number of benzene rings is 3. The van der Waals surface area contributed by atoms with Crippen LogP contribution in [0, 0.1) is 6.92 Å². The maximum atomic E-state index is 15.0. The standard InChI is InChI=1S/C34H36BrClN4O5S/c1-23-3-10-27(11-4-23)46(43,44)34(33(42)37-13-2-14-39-15-17-45-18-16-39)20-31(41)40(22-24-5-7-25(35)8-6-24)32(34)29-21-38-30-19-26(36)9-12-28(29)30/h3-12,19,21,32,38H,2,13-18,20,22H2,1H3,(H,37,42)/t32-,34-/m0/s1. The minimum Gasteiger partial charge on any atom is -0.379 e. The lowest BCUT2D eigenvalue weighted by molar-refractivity contribution is -0.129. The topological polar surface area (TPSA) is 112 Å². The second-order valence-electron chi connectivity index (χ2n) is 11.9. The zero-order valence-electron chi connectivity index (χ0n) is 25.5. The first-order valence-electron chi connectivity index (χ1n) is 15.3. The van der Waals surface area contributed by atoms with Gasteiger partial charge in [-0.15, -0.1) is 0 Å². The van der Waals surface area contributed by atoms with Gasteiger partial charge in [-0.3, -0.25) is 14.5 Å². The first-order valence-corrected chi connectivity index (χ1v) is 18.0. The number of aromatic nitrogens is 1. The van der Waals surface area contributed by atoms with Gasteiger partial charge in [0, 0.05) is 58.3 Å². The Morgan fingerprint density at radius 2 is 1.80 bits per heavy atom. The van der Waals surface area contributed by atoms with Crippen molar-refractivity contribution in [1.82, 2.24) is 20.1 Å². The lowest BCUT2D eigenvalue weighted by Crippen LogP contribution is -2.56. The van der Waals surface area contributed by atoms with Crippen molar-refractivity contribution in [3.63, 3.8) is 0 Å². The van der Waals surface area contributed by atoms with Gasteiger partial charge in [-0.25, -0.2) is 8.42 Å². The van der Waals surface area contributed by atoms with Crippen LogP contribution in [0.3, 0.4) is 0 Å². The molecule has 0 saturated carbocycles. The van der Waals surface area contributed by atoms with Gasteiger partial charge in [0.05, 0.1) is 30.6 Å². The van der Waals surface area contributed by atoms with E-state index in [1.54, 1.807) is 41.4 Å². The summed E-state index contributed by atoms with van der Waals surface area (Å²) in [5.41, 5.74) is 2.90. The Kier molecular flexibility index (Phi) is 9.59. The summed E-state index contributed by atoms with van der Waals surface area (Å²) < 4.78 is 34.1. The molecule has 0 aliphatic carbocycles. The first kappa shape index (κ1) is 32.7. The molecule has 2 aliphatic heterocycles. The number of likely N-dealkylation sites (tertiary alicyclic amines) is 1. The van der Waals surface area contributed by atoms with Gasteiger partial charge in [-0.1, -0.05) is 63.4 Å². The van der Waals surface area contributed by atoms with E-state index in [0.717, 1.165) is 35.2 Å². The lowest BCUT2D eigenvalue weighted by Gasteiger charge is -2.36. The second kappa shape index (κ2) is 13.5. The molecular formula is C34H36BrClN4O5S. The van der Waals surface area contributed by atoms with Crippen LogP contribution in [0.2, 0.25) is 5.02 Å². The molecule has 3 aromatic carbocycles. The number of carbonyl (C=O) groups excluding carboxylic acids is 2. The number of hydrogen-bond donors (Lipinski definition) is 2. The normalized spacial score (nSPS) is 20.8. The van der Waals surface area contributed by atoms with E-state index in [2.05, 4.69) is 31.1 Å². The average Bonchev–Trinajstić information content (AvgIpc) is 3.59. The van der Waals surface area contributed by atoms with Gasteiger partial charge in [0.1, 0.15) is 0 Å². The molecular weight excluding hydrogens is 692 g/mol. The minimum absolute atomic E-state index is 0.00672. The number of hydrogen-bond acceptors (Lipinski definition) is 6. The molecule has 1 aromatic heterocycles. The molecule has 0 radical (unpaired) electrons. The molecule has 4 aromatic rings. The van der Waals surface area contributed by atoms with Gasteiger partial charge < -0.3 is 19.9 Å². The molecule has 0 unspecified atom stereocenters. The number of carbonyl (C=O) groups is 2. The summed E-state index contributed by atoms with van der Waals surface area (Å²) in [7, 11) is -4.44. The number of ether oxygens (including phenoxy) is 1. The summed E-state index contributed by atoms with van der Waals surface area (Å²) in [6, 6.07) is 18.1. The Morgan fingerprint density at radius 3 is 2.52 bits per heavy atom. The molecule has 46 heavy (non-hydrogen) atoms. The number of morpholine rings is 1. The number of aromatic amines is 1. The van der Waals surface area contributed by atoms with Crippen LogP contribution in [0.5, 0.6) is 0 Å². The highest BCUT2D eigenvalue weighted by atomic mass is 79.9. The van der Waals surface area contributed by atoms with Crippen molar-refractivity contribution in [3.8, 4) is 0 Å². The van der Waals surface area contributed by atoms with Crippen LogP contribution in [0.1, 0.15) is 35.6 Å². The lowest BCUT2D eigenvalue weighted by atomic mass is 9.91. The molecule has 0 spiro atoms. The number of halogens is 2. The zero-order chi connectivity index (χ0) is 32.5. The third-order valence-corrected chi connectivity index (χ3v) is 12.1. The fraction of sp³-hybridized carbons (Fsp3) is 0.353. The summed E-state index contributed by atoms with van der Waals surface area (Å²) in [5, 5.41) is 4.16. The molecule has 6 rings (SSSR count). The number of rotatable bonds is 10. The first-order chi connectivity index (χ1) is 22.1. The Bertz CT molecular complexity index is 1840. The third-order valence-electron chi connectivity index (χ3n) is 8.96. The SMILES string of the molecule is Cc1ccc(S(=O)(=O)[C@@]2(C(=O)NCCCN3CCOCC3)CC(=O)N(Cc3ccc(Br)cc3)[C@H]2c2c[nH]c3cc(Cl)ccc23)cc1. The molecule has 2 amide bonds. The summed E-state index contributed by atoms with van der Waals surface area (Å²) in [6.07, 6.45) is 1.82. The molecule has 2 fully saturated rings. The molecule has 9 nitrogen and oxygen atoms in total. The van der Waals surface area contributed by atoms with E-state index < -0.39 is 38.9 Å². The van der Waals surface area contributed by atoms with Crippen LogP contribution in [-0.2, 0) is 30.7 Å². The highest BCUT2D eigenvalue weighted by Crippen LogP contribution is 2.51. The highest BCUT2D eigenvalue weighted by molar-refractivity contribution is 9.10. The molecule has 242 valence electrons. The molecule has 2 N–H and O–H groups in total. The maximum absolute atomic E-state index is 15.0. The Labute approximate surface area is 282 Å². The summed E-state index contributed by atoms with van der Waals surface area (Å²) in [4.78, 5) is 35.8. The van der Waals surface area contributed by atoms with Gasteiger partial charge in [-0.05, 0) is 61.9 Å². The zero-order valence-corrected chi connectivity index (χ0v) is 28.6. The number of sulfone groups is 1. The molecule has 2 saturated heterocycles. The number of nitrogens with one attached hydrogen (secondary N) is 2. The molecule has 3 heterocycles. The summed E-state index contributed by atoms with van der Waals surface area (Å²) in [5.74, 6) is -1.11. The van der Waals surface area contributed by atoms with Crippen LogP contribution < -0.4 is 5.32 Å². The smallest absolute Gasteiger partial charge is 0.244 e. The number of fused-ring (bicyclic) bond motifs is 1. The predicted octanol–water partition coefficient (Wildman–Crippen LogP) is 5.42. The maximum Gasteiger partial charge on any atom is 0.244 e. The predicted molar refractivity (Wildman–Crippen MR) is 181 cm³/mol. The van der Waals surface area contributed by atoms with E-state index in [4.69, 9.17) is 16.3 Å². The van der Waals surface area contributed by atoms with Gasteiger partial charge >= 0.3 is 0 Å². The Hall–Kier alpha value is -3.22. The van der Waals surface area contributed by atoms with E-state index in [1.807, 2.05) is 31.2 Å². The van der Waals surface area contributed by atoms with Crippen LogP contribution in [0.25, 0.3) is 10.9 Å². The molecule has 2 atom stereocenters. The fourth-order valence-corrected chi connectivity index (χ4v) is 9.06. The number of amides is 2. The van der Waals surface area contributed by atoms with Crippen LogP contribution in [0.15, 0.2) is 82.3 Å². The summed E-state index contributed by atoms with van der Waals surface area (Å²) >= 11 is 9.76. The third kappa shape index (κ3) is 6.23. The highest BCUT2D eigenvalue weighted by Gasteiger charge is 2.65. The van der Waals surface area contributed by atoms with Crippen LogP contribution in [-0.4, -0.2) is 79.2 Å². The van der Waals surface area contributed by atoms with E-state index in [-0.39, 0.29) is 18.0 Å². The monoisotopic (exact) mass is 726 g/mol.